The minimum absolute atomic E-state index is 0. The Hall–Kier alpha value is -4.10. The van der Waals surface area contributed by atoms with Crippen molar-refractivity contribution >= 4 is 40.1 Å². The second-order valence-corrected chi connectivity index (χ2v) is 13.0. The number of halogens is 2. The average molecular weight is 756 g/mol. The van der Waals surface area contributed by atoms with Gasteiger partial charge in [-0.05, 0) is 36.1 Å². The molecule has 0 saturated carbocycles. The van der Waals surface area contributed by atoms with Gasteiger partial charge >= 0.3 is 22.8 Å². The summed E-state index contributed by atoms with van der Waals surface area (Å²) < 4.78 is 14.0. The number of nitrogens with one attached hydrogen (secondary N) is 1. The summed E-state index contributed by atoms with van der Waals surface area (Å²) in [4.78, 5) is 49.2. The summed E-state index contributed by atoms with van der Waals surface area (Å²) in [7, 11) is 4.62. The first-order chi connectivity index (χ1) is 23.6. The van der Waals surface area contributed by atoms with E-state index in [1.54, 1.807) is 20.2 Å². The van der Waals surface area contributed by atoms with E-state index >= 15 is 0 Å². The van der Waals surface area contributed by atoms with Crippen LogP contribution in [0.1, 0.15) is 23.6 Å². The van der Waals surface area contributed by atoms with E-state index in [0.717, 1.165) is 58.4 Å². The summed E-state index contributed by atoms with van der Waals surface area (Å²) in [6.07, 6.45) is 5.70. The number of pyridine rings is 1. The fourth-order valence-corrected chi connectivity index (χ4v) is 7.31. The fourth-order valence-electron chi connectivity index (χ4n) is 6.76. The van der Waals surface area contributed by atoms with E-state index in [4.69, 9.17) is 37.7 Å². The van der Waals surface area contributed by atoms with Gasteiger partial charge < -0.3 is 38.7 Å². The van der Waals surface area contributed by atoms with Crippen LogP contribution in [-0.2, 0) is 47.1 Å². The number of methoxy groups -OCH3 is 1. The van der Waals surface area contributed by atoms with Crippen LogP contribution in [0.25, 0.3) is 33.4 Å². The normalized spacial score (nSPS) is 17.6. The van der Waals surface area contributed by atoms with Crippen molar-refractivity contribution in [1.29, 1.82) is 0 Å². The van der Waals surface area contributed by atoms with Gasteiger partial charge in [-0.25, -0.2) is 9.78 Å². The number of aryl methyl sites for hydroxylation is 2. The molecule has 12 nitrogen and oxygen atoms in total. The first-order valence-electron chi connectivity index (χ1n) is 15.6. The van der Waals surface area contributed by atoms with Crippen LogP contribution < -0.4 is 21.3 Å². The topological polar surface area (TPSA) is 133 Å². The van der Waals surface area contributed by atoms with Gasteiger partial charge in [0.2, 0.25) is 11.8 Å². The maximum atomic E-state index is 11.5. The van der Waals surface area contributed by atoms with Crippen molar-refractivity contribution in [2.45, 2.75) is 24.5 Å². The summed E-state index contributed by atoms with van der Waals surface area (Å²) in [6, 6.07) is 16.9. The summed E-state index contributed by atoms with van der Waals surface area (Å²) in [6.45, 7) is 2.26. The van der Waals surface area contributed by atoms with Crippen molar-refractivity contribution in [3.8, 4) is 28.3 Å². The molecule has 2 aliphatic heterocycles. The van der Waals surface area contributed by atoms with E-state index in [1.807, 2.05) is 30.3 Å². The van der Waals surface area contributed by atoms with E-state index < -0.39 is 11.2 Å². The molecule has 15 heteroatoms. The van der Waals surface area contributed by atoms with Crippen molar-refractivity contribution in [2.75, 3.05) is 33.4 Å². The predicted octanol–water partition coefficient (Wildman–Crippen LogP) is 3.54. The third kappa shape index (κ3) is 6.34. The van der Waals surface area contributed by atoms with E-state index in [-0.39, 0.29) is 46.6 Å². The first-order valence-corrected chi connectivity index (χ1v) is 16.3. The quantitative estimate of drug-likeness (QED) is 0.216. The van der Waals surface area contributed by atoms with Gasteiger partial charge in [0, 0.05) is 62.2 Å². The van der Waals surface area contributed by atoms with E-state index in [0.29, 0.717) is 28.1 Å². The molecule has 1 amide bonds. The van der Waals surface area contributed by atoms with E-state index in [9.17, 15) is 14.4 Å². The summed E-state index contributed by atoms with van der Waals surface area (Å²) in [5.41, 5.74) is 4.85. The Kier molecular flexibility index (Phi) is 10.2. The number of likely N-dealkylation sites (tertiary alicyclic amines) is 1. The number of aromatic nitrogens is 5. The van der Waals surface area contributed by atoms with E-state index in [2.05, 4.69) is 38.5 Å². The van der Waals surface area contributed by atoms with Crippen molar-refractivity contribution in [3.05, 3.63) is 103 Å². The van der Waals surface area contributed by atoms with Gasteiger partial charge in [-0.3, -0.25) is 9.69 Å². The number of fused-ring (bicyclic) bond motifs is 2. The number of ether oxygens (including phenoxy) is 2. The molecular formula is C35H31Cl2MnN7O5. The number of hydrogen-bond donors (Lipinski definition) is 1. The van der Waals surface area contributed by atoms with Crippen molar-refractivity contribution in [2.24, 2.45) is 14.1 Å². The average Bonchev–Trinajstić information content (AvgIpc) is 3.53. The van der Waals surface area contributed by atoms with Crippen LogP contribution in [0.4, 0.5) is 0 Å². The van der Waals surface area contributed by atoms with Crippen molar-refractivity contribution in [3.63, 3.8) is 0 Å². The van der Waals surface area contributed by atoms with Crippen molar-refractivity contribution < 1.29 is 31.3 Å². The smallest absolute Gasteiger partial charge is 0.481 e. The molecule has 2 saturated heterocycles. The molecule has 1 spiro atoms. The third-order valence-electron chi connectivity index (χ3n) is 9.28. The zero-order valence-corrected chi connectivity index (χ0v) is 30.0. The zero-order valence-electron chi connectivity index (χ0n) is 27.3. The number of carbonyl (C=O) groups is 1. The summed E-state index contributed by atoms with van der Waals surface area (Å²) >= 11 is 13.3. The van der Waals surface area contributed by atoms with Crippen LogP contribution in [0.2, 0.25) is 10.0 Å². The maximum absolute atomic E-state index is 11.5. The number of morpholine rings is 1. The summed E-state index contributed by atoms with van der Waals surface area (Å²) in [5.74, 6) is 0.584. The number of amides is 1. The standard InChI is InChI=1S/C27H24Cl2N3O3.C8H7N4O2.Mn/c1-34-26-24-16(9-10-22(24)32-14-27(15-32)13-30-23(33)12-35-27)11-21(31-26)19-7-4-6-18(25(19)29)17-5-2-3-8-20(17)28;1-11-6-5(3-9-4-10-6)7(13)12(2)8(11)14;/h2-7,11,22H,9-10,12-15H2,1H3,(H,30,33);4H,1-2H3;/q2*-1;+2/t22-;;/m1../s1. The van der Waals surface area contributed by atoms with Gasteiger partial charge in [0.1, 0.15) is 12.2 Å². The Morgan fingerprint density at radius 1 is 1.06 bits per heavy atom. The zero-order chi connectivity index (χ0) is 34.4. The molecule has 0 unspecified atom stereocenters. The number of rotatable bonds is 4. The molecule has 5 heterocycles. The predicted molar refractivity (Wildman–Crippen MR) is 184 cm³/mol. The molecular weight excluding hydrogens is 724 g/mol. The SMILES string of the molecule is COc1nc(-c2cccc(-c3ccc[c-]c3Cl)c2Cl)cc2c1[C@H](N1CC3(CNC(=O)CO3)C1)CC2.Cn1c(=O)c2[c-]ncnc2n(C)c1=O.[Mn+2]. The number of benzene rings is 2. The number of nitrogens with zero attached hydrogens (tertiary/aromatic N) is 6. The number of hydrogen-bond acceptors (Lipinski definition) is 9. The minimum Gasteiger partial charge on any atom is -0.481 e. The van der Waals surface area contributed by atoms with Crippen LogP contribution in [-0.4, -0.2) is 73.8 Å². The fraction of sp³-hybridized carbons (Fsp3) is 0.314. The van der Waals surface area contributed by atoms with Crippen LogP contribution in [0, 0.1) is 12.3 Å². The molecule has 1 atom stereocenters. The molecule has 5 aromatic rings. The van der Waals surface area contributed by atoms with Gasteiger partial charge in [0.15, 0.2) is 5.56 Å². The minimum atomic E-state index is -0.427. The third-order valence-corrected chi connectivity index (χ3v) is 10.0. The Morgan fingerprint density at radius 3 is 2.54 bits per heavy atom. The van der Waals surface area contributed by atoms with Gasteiger partial charge in [0.05, 0.1) is 18.5 Å². The molecule has 2 aromatic carbocycles. The summed E-state index contributed by atoms with van der Waals surface area (Å²) in [5, 5.41) is 4.27. The van der Waals surface area contributed by atoms with Crippen LogP contribution in [0.5, 0.6) is 5.88 Å². The van der Waals surface area contributed by atoms with E-state index in [1.165, 1.54) is 23.5 Å². The van der Waals surface area contributed by atoms with Crippen LogP contribution in [0.15, 0.2) is 58.4 Å². The van der Waals surface area contributed by atoms with Gasteiger partial charge in [-0.1, -0.05) is 40.4 Å². The number of carbonyl (C=O) groups excluding carboxylic acids is 1. The largest absolute Gasteiger partial charge is 2.00 e. The molecule has 50 heavy (non-hydrogen) atoms. The Morgan fingerprint density at radius 2 is 1.82 bits per heavy atom. The molecule has 1 aliphatic carbocycles. The monoisotopic (exact) mass is 754 g/mol. The first kappa shape index (κ1) is 35.7. The molecule has 3 aromatic heterocycles. The molecule has 257 valence electrons. The van der Waals surface area contributed by atoms with Crippen LogP contribution >= 0.6 is 23.2 Å². The molecule has 1 radical (unpaired) electrons. The Labute approximate surface area is 307 Å². The second-order valence-electron chi connectivity index (χ2n) is 12.3. The van der Waals surface area contributed by atoms with Gasteiger partial charge in [-0.15, -0.1) is 17.2 Å². The molecule has 0 bridgehead atoms. The second kappa shape index (κ2) is 14.3. The Bertz CT molecular complexity index is 2230. The molecule has 1 N–H and O–H groups in total. The molecule has 8 rings (SSSR count). The van der Waals surface area contributed by atoms with Crippen molar-refractivity contribution in [1.82, 2.24) is 34.3 Å². The van der Waals surface area contributed by atoms with Crippen LogP contribution in [0.3, 0.4) is 0 Å². The molecule has 3 aliphatic rings. The Balaban J connectivity index is 0.000000242. The van der Waals surface area contributed by atoms with Gasteiger partial charge in [-0.2, -0.15) is 24.3 Å². The maximum Gasteiger partial charge on any atom is 2.00 e. The molecule has 2 fully saturated rings. The van der Waals surface area contributed by atoms with Gasteiger partial charge in [0.25, 0.3) is 0 Å².